The van der Waals surface area contributed by atoms with Crippen LogP contribution in [0.15, 0.2) is 42.6 Å². The second kappa shape index (κ2) is 7.76. The van der Waals surface area contributed by atoms with Gasteiger partial charge in [-0.05, 0) is 18.2 Å². The number of amides is 1. The minimum Gasteiger partial charge on any atom is -0.468 e. The van der Waals surface area contributed by atoms with E-state index in [-0.39, 0.29) is 11.6 Å². The molecule has 0 unspecified atom stereocenters. The van der Waals surface area contributed by atoms with Gasteiger partial charge in [0, 0.05) is 38.0 Å². The lowest BCUT2D eigenvalue weighted by Gasteiger charge is -2.17. The number of carbonyl (C=O) groups excluding carboxylic acids is 1. The van der Waals surface area contributed by atoms with E-state index in [1.807, 2.05) is 12.1 Å². The van der Waals surface area contributed by atoms with E-state index < -0.39 is 18.7 Å². The summed E-state index contributed by atoms with van der Waals surface area (Å²) in [5.74, 6) is -0.639. The Kier molecular flexibility index (Phi) is 5.73. The number of hydrogen-bond acceptors (Lipinski definition) is 4. The summed E-state index contributed by atoms with van der Waals surface area (Å²) in [5.41, 5.74) is 0.866. The number of pyridine rings is 2. The highest BCUT2D eigenvalue weighted by Crippen LogP contribution is 2.17. The van der Waals surface area contributed by atoms with E-state index in [0.717, 1.165) is 5.69 Å². The third-order valence-corrected chi connectivity index (χ3v) is 3.10. The van der Waals surface area contributed by atoms with E-state index in [1.54, 1.807) is 19.3 Å². The molecule has 0 aliphatic carbocycles. The normalized spacial score (nSPS) is 11.2. The van der Waals surface area contributed by atoms with Gasteiger partial charge >= 0.3 is 6.18 Å². The van der Waals surface area contributed by atoms with Crippen LogP contribution in [0.2, 0.25) is 0 Å². The molecule has 0 spiro atoms. The SMILES string of the molecule is CN(CCc1ccccn1)C(=O)c1cccc(OCC(F)(F)F)n1. The van der Waals surface area contributed by atoms with Gasteiger partial charge in [0.1, 0.15) is 5.69 Å². The van der Waals surface area contributed by atoms with Gasteiger partial charge in [-0.3, -0.25) is 9.78 Å². The molecule has 2 rings (SSSR count). The molecule has 0 bridgehead atoms. The van der Waals surface area contributed by atoms with E-state index in [4.69, 9.17) is 0 Å². The van der Waals surface area contributed by atoms with Gasteiger partial charge in [-0.2, -0.15) is 13.2 Å². The molecule has 0 N–H and O–H groups in total. The number of halogens is 3. The first kappa shape index (κ1) is 17.7. The predicted molar refractivity (Wildman–Crippen MR) is 80.7 cm³/mol. The predicted octanol–water partition coefficient (Wildman–Crippen LogP) is 2.73. The number of carbonyl (C=O) groups is 1. The number of hydrogen-bond donors (Lipinski definition) is 0. The Morgan fingerprint density at radius 2 is 2.00 bits per heavy atom. The monoisotopic (exact) mass is 339 g/mol. The lowest BCUT2D eigenvalue weighted by Crippen LogP contribution is -2.29. The molecule has 8 heteroatoms. The zero-order chi connectivity index (χ0) is 17.6. The van der Waals surface area contributed by atoms with Crippen molar-refractivity contribution in [2.45, 2.75) is 12.6 Å². The third kappa shape index (κ3) is 5.53. The van der Waals surface area contributed by atoms with E-state index in [0.29, 0.717) is 13.0 Å². The van der Waals surface area contributed by atoms with Crippen molar-refractivity contribution in [3.8, 4) is 5.88 Å². The maximum atomic E-state index is 12.3. The van der Waals surface area contributed by atoms with Crippen molar-refractivity contribution in [2.75, 3.05) is 20.2 Å². The molecule has 1 amide bonds. The van der Waals surface area contributed by atoms with Gasteiger partial charge < -0.3 is 9.64 Å². The van der Waals surface area contributed by atoms with Gasteiger partial charge in [0.25, 0.3) is 5.91 Å². The molecular formula is C16H16F3N3O2. The Hall–Kier alpha value is -2.64. The molecule has 0 radical (unpaired) electrons. The molecule has 2 aromatic heterocycles. The van der Waals surface area contributed by atoms with Crippen LogP contribution in [0.4, 0.5) is 13.2 Å². The highest BCUT2D eigenvalue weighted by atomic mass is 19.4. The molecule has 0 aromatic carbocycles. The van der Waals surface area contributed by atoms with Crippen LogP contribution < -0.4 is 4.74 Å². The van der Waals surface area contributed by atoms with Crippen molar-refractivity contribution in [1.82, 2.24) is 14.9 Å². The van der Waals surface area contributed by atoms with Crippen LogP contribution in [-0.4, -0.2) is 47.2 Å². The maximum absolute atomic E-state index is 12.3. The van der Waals surface area contributed by atoms with Crippen LogP contribution in [0.5, 0.6) is 5.88 Å². The van der Waals surface area contributed by atoms with Crippen molar-refractivity contribution in [3.05, 3.63) is 54.0 Å². The zero-order valence-corrected chi connectivity index (χ0v) is 13.0. The van der Waals surface area contributed by atoms with Crippen LogP contribution in [-0.2, 0) is 6.42 Å². The van der Waals surface area contributed by atoms with Gasteiger partial charge in [0.15, 0.2) is 6.61 Å². The molecule has 5 nitrogen and oxygen atoms in total. The summed E-state index contributed by atoms with van der Waals surface area (Å²) in [6.45, 7) is -1.04. The van der Waals surface area contributed by atoms with Gasteiger partial charge in [-0.1, -0.05) is 12.1 Å². The summed E-state index contributed by atoms with van der Waals surface area (Å²) < 4.78 is 41.0. The Balaban J connectivity index is 1.95. The first-order valence-corrected chi connectivity index (χ1v) is 7.17. The first-order chi connectivity index (χ1) is 11.3. The van der Waals surface area contributed by atoms with E-state index in [9.17, 15) is 18.0 Å². The van der Waals surface area contributed by atoms with Gasteiger partial charge in [-0.15, -0.1) is 0 Å². The van der Waals surface area contributed by atoms with Crippen LogP contribution in [0.1, 0.15) is 16.2 Å². The summed E-state index contributed by atoms with van der Waals surface area (Å²) in [7, 11) is 1.59. The molecule has 0 aliphatic heterocycles. The fourth-order valence-corrected chi connectivity index (χ4v) is 1.90. The summed E-state index contributed by atoms with van der Waals surface area (Å²) in [4.78, 5) is 21.7. The molecule has 0 aliphatic rings. The Morgan fingerprint density at radius 3 is 2.67 bits per heavy atom. The Morgan fingerprint density at radius 1 is 1.21 bits per heavy atom. The average Bonchev–Trinajstić information content (AvgIpc) is 2.58. The zero-order valence-electron chi connectivity index (χ0n) is 13.0. The number of alkyl halides is 3. The Labute approximate surface area is 137 Å². The minimum absolute atomic E-state index is 0.0261. The van der Waals surface area contributed by atoms with Gasteiger partial charge in [0.05, 0.1) is 0 Å². The molecule has 2 aromatic rings. The highest BCUT2D eigenvalue weighted by molar-refractivity contribution is 5.92. The lowest BCUT2D eigenvalue weighted by molar-refractivity contribution is -0.154. The first-order valence-electron chi connectivity index (χ1n) is 7.17. The van der Waals surface area contributed by atoms with E-state index in [1.165, 1.54) is 23.1 Å². The summed E-state index contributed by atoms with van der Waals surface area (Å²) >= 11 is 0. The van der Waals surface area contributed by atoms with E-state index >= 15 is 0 Å². The number of likely N-dealkylation sites (N-methyl/N-ethyl adjacent to an activating group) is 1. The van der Waals surface area contributed by atoms with Crippen LogP contribution in [0.3, 0.4) is 0 Å². The second-order valence-corrected chi connectivity index (χ2v) is 5.06. The maximum Gasteiger partial charge on any atom is 0.422 e. The van der Waals surface area contributed by atoms with Crippen molar-refractivity contribution in [1.29, 1.82) is 0 Å². The van der Waals surface area contributed by atoms with Crippen molar-refractivity contribution >= 4 is 5.91 Å². The lowest BCUT2D eigenvalue weighted by atomic mass is 10.2. The third-order valence-electron chi connectivity index (χ3n) is 3.10. The number of ether oxygens (including phenoxy) is 1. The second-order valence-electron chi connectivity index (χ2n) is 5.06. The molecule has 24 heavy (non-hydrogen) atoms. The van der Waals surface area contributed by atoms with Crippen LogP contribution >= 0.6 is 0 Å². The average molecular weight is 339 g/mol. The smallest absolute Gasteiger partial charge is 0.422 e. The molecule has 128 valence electrons. The highest BCUT2D eigenvalue weighted by Gasteiger charge is 2.28. The standard InChI is InChI=1S/C16H16F3N3O2/c1-22(10-8-12-5-2-3-9-20-12)15(23)13-6-4-7-14(21-13)24-11-16(17,18)19/h2-7,9H,8,10-11H2,1H3. The fraction of sp³-hybridized carbons (Fsp3) is 0.312. The van der Waals surface area contributed by atoms with Crippen molar-refractivity contribution in [2.24, 2.45) is 0 Å². The molecular weight excluding hydrogens is 323 g/mol. The topological polar surface area (TPSA) is 55.3 Å². The quantitative estimate of drug-likeness (QED) is 0.812. The molecule has 0 saturated carbocycles. The summed E-state index contributed by atoms with van der Waals surface area (Å²) in [6, 6.07) is 9.64. The molecule has 2 heterocycles. The van der Waals surface area contributed by atoms with Crippen LogP contribution in [0, 0.1) is 0 Å². The van der Waals surface area contributed by atoms with Gasteiger partial charge in [0.2, 0.25) is 5.88 Å². The molecule has 0 fully saturated rings. The summed E-state index contributed by atoms with van der Waals surface area (Å²) in [6.07, 6.45) is -2.23. The van der Waals surface area contributed by atoms with Crippen molar-refractivity contribution < 1.29 is 22.7 Å². The number of aromatic nitrogens is 2. The molecule has 0 atom stereocenters. The van der Waals surface area contributed by atoms with E-state index in [2.05, 4.69) is 14.7 Å². The Bertz CT molecular complexity index is 678. The number of nitrogens with zero attached hydrogens (tertiary/aromatic N) is 3. The fourth-order valence-electron chi connectivity index (χ4n) is 1.90. The summed E-state index contributed by atoms with van der Waals surface area (Å²) in [5, 5.41) is 0. The van der Waals surface area contributed by atoms with Crippen molar-refractivity contribution in [3.63, 3.8) is 0 Å². The largest absolute Gasteiger partial charge is 0.468 e. The number of rotatable bonds is 6. The minimum atomic E-state index is -4.46. The van der Waals surface area contributed by atoms with Crippen LogP contribution in [0.25, 0.3) is 0 Å². The van der Waals surface area contributed by atoms with Gasteiger partial charge in [-0.25, -0.2) is 4.98 Å². The molecule has 0 saturated heterocycles.